The maximum Gasteiger partial charge on any atom is 0.242 e. The first-order valence-corrected chi connectivity index (χ1v) is 6.79. The molecule has 0 aliphatic carbocycles. The molecule has 19 heavy (non-hydrogen) atoms. The smallest absolute Gasteiger partial charge is 0.242 e. The summed E-state index contributed by atoms with van der Waals surface area (Å²) in [5.41, 5.74) is 2.26. The zero-order chi connectivity index (χ0) is 13.8. The van der Waals surface area contributed by atoms with Crippen molar-refractivity contribution >= 4 is 27.5 Å². The fourth-order valence-electron chi connectivity index (χ4n) is 1.72. The molecule has 3 nitrogen and oxygen atoms in total. The van der Waals surface area contributed by atoms with Crippen molar-refractivity contribution in [2.45, 2.75) is 11.8 Å². The van der Waals surface area contributed by atoms with Crippen molar-refractivity contribution < 1.29 is 9.90 Å². The number of hydrogen-bond donors (Lipinski definition) is 2. The number of carbonyl (C=O) groups is 1. The van der Waals surface area contributed by atoms with E-state index in [1.165, 1.54) is 0 Å². The van der Waals surface area contributed by atoms with Crippen molar-refractivity contribution in [1.82, 2.24) is 0 Å². The van der Waals surface area contributed by atoms with Crippen molar-refractivity contribution in [3.63, 3.8) is 0 Å². The van der Waals surface area contributed by atoms with Gasteiger partial charge in [-0.1, -0.05) is 52.3 Å². The van der Waals surface area contributed by atoms with E-state index < -0.39 is 4.83 Å². The molecule has 0 fully saturated rings. The average molecular weight is 320 g/mol. The maximum absolute atomic E-state index is 12.1. The molecule has 2 aromatic carbocycles. The highest BCUT2D eigenvalue weighted by molar-refractivity contribution is 9.09. The van der Waals surface area contributed by atoms with E-state index in [0.717, 1.165) is 11.1 Å². The molecule has 98 valence electrons. The number of aryl methyl sites for hydroxylation is 1. The number of aromatic hydroxyl groups is 1. The molecule has 0 aliphatic heterocycles. The molecular formula is C15H14BrNO2. The lowest BCUT2D eigenvalue weighted by Gasteiger charge is -2.12. The minimum atomic E-state index is -0.450. The van der Waals surface area contributed by atoms with Crippen LogP contribution in [-0.2, 0) is 4.79 Å². The van der Waals surface area contributed by atoms with Crippen LogP contribution in [0.5, 0.6) is 5.75 Å². The Hall–Kier alpha value is -1.81. The Morgan fingerprint density at radius 1 is 1.21 bits per heavy atom. The summed E-state index contributed by atoms with van der Waals surface area (Å²) in [4.78, 5) is 11.7. The molecule has 0 aromatic heterocycles. The van der Waals surface area contributed by atoms with Crippen LogP contribution in [0.15, 0.2) is 48.5 Å². The van der Waals surface area contributed by atoms with Crippen LogP contribution in [-0.4, -0.2) is 11.0 Å². The zero-order valence-electron chi connectivity index (χ0n) is 10.4. The third kappa shape index (κ3) is 3.35. The number of phenolic OH excluding ortho intramolecular Hbond substituents is 1. The highest BCUT2D eigenvalue weighted by Crippen LogP contribution is 2.28. The molecule has 1 amide bonds. The third-order valence-corrected chi connectivity index (χ3v) is 3.68. The number of alkyl halides is 1. The van der Waals surface area contributed by atoms with Crippen LogP contribution >= 0.6 is 15.9 Å². The van der Waals surface area contributed by atoms with Crippen LogP contribution in [0.2, 0.25) is 0 Å². The Labute approximate surface area is 120 Å². The van der Waals surface area contributed by atoms with E-state index in [0.29, 0.717) is 5.69 Å². The molecular weight excluding hydrogens is 306 g/mol. The molecule has 0 saturated carbocycles. The van der Waals surface area contributed by atoms with Crippen molar-refractivity contribution in [2.24, 2.45) is 0 Å². The van der Waals surface area contributed by atoms with Gasteiger partial charge in [-0.25, -0.2) is 0 Å². The summed E-state index contributed by atoms with van der Waals surface area (Å²) in [6, 6.07) is 14.5. The van der Waals surface area contributed by atoms with Crippen LogP contribution in [0.25, 0.3) is 0 Å². The van der Waals surface area contributed by atoms with Gasteiger partial charge in [0.05, 0.1) is 5.69 Å². The maximum atomic E-state index is 12.1. The fraction of sp³-hybridized carbons (Fsp3) is 0.133. The molecule has 2 aromatic rings. The van der Waals surface area contributed by atoms with Crippen molar-refractivity contribution in [3.8, 4) is 5.75 Å². The number of nitrogens with one attached hydrogen (secondary N) is 1. The van der Waals surface area contributed by atoms with Crippen molar-refractivity contribution in [1.29, 1.82) is 0 Å². The molecule has 4 heteroatoms. The van der Waals surface area contributed by atoms with Gasteiger partial charge in [0.25, 0.3) is 0 Å². The second-order valence-corrected chi connectivity index (χ2v) is 5.20. The summed E-state index contributed by atoms with van der Waals surface area (Å²) in [7, 11) is 0. The summed E-state index contributed by atoms with van der Waals surface area (Å²) in [6.45, 7) is 1.90. The van der Waals surface area contributed by atoms with Gasteiger partial charge in [0.2, 0.25) is 5.91 Å². The minimum Gasteiger partial charge on any atom is -0.506 e. The van der Waals surface area contributed by atoms with E-state index in [9.17, 15) is 9.90 Å². The Balaban J connectivity index is 2.15. The van der Waals surface area contributed by atoms with Gasteiger partial charge in [0.1, 0.15) is 10.6 Å². The van der Waals surface area contributed by atoms with Gasteiger partial charge >= 0.3 is 0 Å². The van der Waals surface area contributed by atoms with Crippen molar-refractivity contribution in [3.05, 3.63) is 59.7 Å². The number of halogens is 1. The lowest BCUT2D eigenvalue weighted by atomic mass is 10.1. The number of carbonyl (C=O) groups excluding carboxylic acids is 1. The first-order valence-electron chi connectivity index (χ1n) is 5.87. The average Bonchev–Trinajstić information content (AvgIpc) is 2.43. The molecule has 1 atom stereocenters. The molecule has 0 heterocycles. The minimum absolute atomic E-state index is 0.0618. The Morgan fingerprint density at radius 3 is 2.58 bits per heavy atom. The summed E-state index contributed by atoms with van der Waals surface area (Å²) >= 11 is 3.36. The van der Waals surface area contributed by atoms with Gasteiger partial charge in [-0.05, 0) is 30.2 Å². The second kappa shape index (κ2) is 5.89. The number of benzene rings is 2. The van der Waals surface area contributed by atoms with Crippen molar-refractivity contribution in [2.75, 3.05) is 5.32 Å². The topological polar surface area (TPSA) is 49.3 Å². The zero-order valence-corrected chi connectivity index (χ0v) is 12.0. The number of hydrogen-bond acceptors (Lipinski definition) is 2. The summed E-state index contributed by atoms with van der Waals surface area (Å²) in [5.74, 6) is -0.154. The van der Waals surface area contributed by atoms with Crippen LogP contribution in [0.3, 0.4) is 0 Å². The first-order chi connectivity index (χ1) is 9.08. The van der Waals surface area contributed by atoms with E-state index in [-0.39, 0.29) is 11.7 Å². The lowest BCUT2D eigenvalue weighted by Crippen LogP contribution is -2.17. The fourth-order valence-corrected chi connectivity index (χ4v) is 2.14. The molecule has 0 radical (unpaired) electrons. The summed E-state index contributed by atoms with van der Waals surface area (Å²) in [6.07, 6.45) is 0. The van der Waals surface area contributed by atoms with Crippen LogP contribution in [0.1, 0.15) is 16.0 Å². The first kappa shape index (κ1) is 13.6. The van der Waals surface area contributed by atoms with Crippen LogP contribution in [0.4, 0.5) is 5.69 Å². The van der Waals surface area contributed by atoms with Crippen LogP contribution < -0.4 is 5.32 Å². The molecule has 0 aliphatic rings. The summed E-state index contributed by atoms with van der Waals surface area (Å²) < 4.78 is 0. The molecule has 0 saturated heterocycles. The monoisotopic (exact) mass is 319 g/mol. The Kier molecular flexibility index (Phi) is 4.22. The highest BCUT2D eigenvalue weighted by Gasteiger charge is 2.17. The lowest BCUT2D eigenvalue weighted by molar-refractivity contribution is -0.115. The van der Waals surface area contributed by atoms with Gasteiger partial charge in [-0.3, -0.25) is 4.79 Å². The molecule has 0 bridgehead atoms. The van der Waals surface area contributed by atoms with Crippen LogP contribution in [0, 0.1) is 6.92 Å². The standard InChI is InChI=1S/C15H14BrNO2/c1-10-7-8-13(18)12(9-10)17-15(19)14(16)11-5-3-2-4-6-11/h2-9,14,18H,1H3,(H,17,19). The number of phenols is 1. The predicted molar refractivity (Wildman–Crippen MR) is 79.6 cm³/mol. The number of anilines is 1. The largest absolute Gasteiger partial charge is 0.506 e. The normalized spacial score (nSPS) is 11.9. The predicted octanol–water partition coefficient (Wildman–Crippen LogP) is 3.78. The van der Waals surface area contributed by atoms with E-state index >= 15 is 0 Å². The SMILES string of the molecule is Cc1ccc(O)c(NC(=O)C(Br)c2ccccc2)c1. The highest BCUT2D eigenvalue weighted by atomic mass is 79.9. The van der Waals surface area contributed by atoms with Gasteiger partial charge in [0, 0.05) is 0 Å². The van der Waals surface area contributed by atoms with Gasteiger partial charge in [-0.15, -0.1) is 0 Å². The molecule has 1 unspecified atom stereocenters. The quantitative estimate of drug-likeness (QED) is 0.668. The van der Waals surface area contributed by atoms with Gasteiger partial charge in [-0.2, -0.15) is 0 Å². The summed E-state index contributed by atoms with van der Waals surface area (Å²) in [5, 5.41) is 12.4. The van der Waals surface area contributed by atoms with Gasteiger partial charge < -0.3 is 10.4 Å². The molecule has 2 N–H and O–H groups in total. The third-order valence-electron chi connectivity index (χ3n) is 2.73. The van der Waals surface area contributed by atoms with E-state index in [1.807, 2.05) is 37.3 Å². The number of rotatable bonds is 3. The number of amides is 1. The van der Waals surface area contributed by atoms with Gasteiger partial charge in [0.15, 0.2) is 0 Å². The van der Waals surface area contributed by atoms with E-state index in [1.54, 1.807) is 18.2 Å². The van der Waals surface area contributed by atoms with E-state index in [4.69, 9.17) is 0 Å². The second-order valence-electron chi connectivity index (χ2n) is 4.28. The molecule has 2 rings (SSSR count). The Morgan fingerprint density at radius 2 is 1.89 bits per heavy atom. The van der Waals surface area contributed by atoms with E-state index in [2.05, 4.69) is 21.2 Å². The molecule has 0 spiro atoms. The Bertz CT molecular complexity index is 584.